The first kappa shape index (κ1) is 17.9. The molecule has 1 fully saturated rings. The summed E-state index contributed by atoms with van der Waals surface area (Å²) in [7, 11) is 0. The van der Waals surface area contributed by atoms with Gasteiger partial charge >= 0.3 is 11.9 Å². The topological polar surface area (TPSA) is 91.7 Å². The SMILES string of the molecule is O=C(O)C(=CC1CCCCC1)C(CC(=O)c1ccccc1)C(=O)O. The third kappa shape index (κ3) is 4.78. The van der Waals surface area contributed by atoms with Gasteiger partial charge in [-0.25, -0.2) is 4.79 Å². The van der Waals surface area contributed by atoms with Crippen molar-refractivity contribution >= 4 is 17.7 Å². The molecule has 5 heteroatoms. The van der Waals surface area contributed by atoms with E-state index >= 15 is 0 Å². The van der Waals surface area contributed by atoms with Crippen LogP contribution in [0.3, 0.4) is 0 Å². The Morgan fingerprint density at radius 2 is 1.67 bits per heavy atom. The van der Waals surface area contributed by atoms with Crippen LogP contribution in [0.15, 0.2) is 42.0 Å². The molecule has 24 heavy (non-hydrogen) atoms. The van der Waals surface area contributed by atoms with Crippen molar-refractivity contribution in [1.29, 1.82) is 0 Å². The molecular formula is C19H22O5. The number of rotatable bonds is 7. The van der Waals surface area contributed by atoms with Gasteiger partial charge in [-0.05, 0) is 18.8 Å². The van der Waals surface area contributed by atoms with Gasteiger partial charge in [-0.3, -0.25) is 9.59 Å². The molecule has 1 atom stereocenters. The van der Waals surface area contributed by atoms with Crippen LogP contribution in [0.4, 0.5) is 0 Å². The van der Waals surface area contributed by atoms with Crippen LogP contribution in [0.25, 0.3) is 0 Å². The first-order valence-corrected chi connectivity index (χ1v) is 8.25. The molecule has 0 heterocycles. The summed E-state index contributed by atoms with van der Waals surface area (Å²) in [6, 6.07) is 8.36. The van der Waals surface area contributed by atoms with Gasteiger partial charge in [0.25, 0.3) is 0 Å². The van der Waals surface area contributed by atoms with E-state index < -0.39 is 17.9 Å². The zero-order valence-electron chi connectivity index (χ0n) is 13.5. The Balaban J connectivity index is 2.22. The molecule has 5 nitrogen and oxygen atoms in total. The molecule has 0 radical (unpaired) electrons. The number of carbonyl (C=O) groups excluding carboxylic acids is 1. The molecule has 0 spiro atoms. The minimum atomic E-state index is -1.32. The summed E-state index contributed by atoms with van der Waals surface area (Å²) >= 11 is 0. The summed E-state index contributed by atoms with van der Waals surface area (Å²) in [4.78, 5) is 35.5. The fourth-order valence-corrected chi connectivity index (χ4v) is 3.15. The fraction of sp³-hybridized carbons (Fsp3) is 0.421. The van der Waals surface area contributed by atoms with Crippen molar-refractivity contribution in [3.05, 3.63) is 47.5 Å². The van der Waals surface area contributed by atoms with Crippen LogP contribution >= 0.6 is 0 Å². The molecule has 1 unspecified atom stereocenters. The molecule has 0 aromatic heterocycles. The lowest BCUT2D eigenvalue weighted by molar-refractivity contribution is -0.143. The molecule has 128 valence electrons. The highest BCUT2D eigenvalue weighted by atomic mass is 16.4. The molecule has 2 N–H and O–H groups in total. The second kappa shape index (κ2) is 8.43. The van der Waals surface area contributed by atoms with E-state index in [1.165, 1.54) is 0 Å². The molecule has 1 saturated carbocycles. The Kier molecular flexibility index (Phi) is 6.29. The lowest BCUT2D eigenvalue weighted by atomic mass is 9.84. The lowest BCUT2D eigenvalue weighted by Crippen LogP contribution is -2.25. The maximum absolute atomic E-state index is 12.3. The van der Waals surface area contributed by atoms with Gasteiger partial charge < -0.3 is 10.2 Å². The van der Waals surface area contributed by atoms with E-state index in [4.69, 9.17) is 0 Å². The predicted octanol–water partition coefficient (Wildman–Crippen LogP) is 3.55. The van der Waals surface area contributed by atoms with Crippen LogP contribution < -0.4 is 0 Å². The van der Waals surface area contributed by atoms with Gasteiger partial charge in [-0.2, -0.15) is 0 Å². The molecule has 0 aliphatic heterocycles. The van der Waals surface area contributed by atoms with Gasteiger partial charge in [-0.15, -0.1) is 0 Å². The van der Waals surface area contributed by atoms with Crippen molar-refractivity contribution in [2.75, 3.05) is 0 Å². The average Bonchev–Trinajstić information content (AvgIpc) is 2.59. The van der Waals surface area contributed by atoms with Gasteiger partial charge in [0.1, 0.15) is 0 Å². The van der Waals surface area contributed by atoms with Gasteiger partial charge in [0.15, 0.2) is 5.78 Å². The van der Waals surface area contributed by atoms with Crippen molar-refractivity contribution in [2.24, 2.45) is 11.8 Å². The third-order valence-electron chi connectivity index (χ3n) is 4.47. The van der Waals surface area contributed by atoms with Gasteiger partial charge in [0.05, 0.1) is 5.92 Å². The van der Waals surface area contributed by atoms with Crippen LogP contribution in [0.5, 0.6) is 0 Å². The molecule has 1 aromatic carbocycles. The highest BCUT2D eigenvalue weighted by Crippen LogP contribution is 2.28. The molecule has 0 amide bonds. The van der Waals surface area contributed by atoms with E-state index in [1.54, 1.807) is 36.4 Å². The number of ketones is 1. The highest BCUT2D eigenvalue weighted by molar-refractivity contribution is 6.01. The summed E-state index contributed by atoms with van der Waals surface area (Å²) in [5.41, 5.74) is 0.227. The van der Waals surface area contributed by atoms with E-state index in [2.05, 4.69) is 0 Å². The molecule has 2 rings (SSSR count). The Hall–Kier alpha value is -2.43. The smallest absolute Gasteiger partial charge is 0.332 e. The largest absolute Gasteiger partial charge is 0.481 e. The number of carbonyl (C=O) groups is 3. The van der Waals surface area contributed by atoms with E-state index in [1.807, 2.05) is 0 Å². The first-order chi connectivity index (χ1) is 11.5. The van der Waals surface area contributed by atoms with Gasteiger partial charge in [0.2, 0.25) is 0 Å². The number of allylic oxidation sites excluding steroid dienone is 1. The first-order valence-electron chi connectivity index (χ1n) is 8.25. The number of Topliss-reactive ketones (excluding diaryl/α,β-unsaturated/α-hetero) is 1. The van der Waals surface area contributed by atoms with Crippen LogP contribution in [-0.4, -0.2) is 27.9 Å². The molecule has 1 aromatic rings. The summed E-state index contributed by atoms with van der Waals surface area (Å²) in [5, 5.41) is 18.9. The Morgan fingerprint density at radius 1 is 1.04 bits per heavy atom. The van der Waals surface area contributed by atoms with Crippen molar-refractivity contribution in [2.45, 2.75) is 38.5 Å². The summed E-state index contributed by atoms with van der Waals surface area (Å²) in [6.45, 7) is 0. The second-order valence-electron chi connectivity index (χ2n) is 6.21. The van der Waals surface area contributed by atoms with Crippen LogP contribution in [0, 0.1) is 11.8 Å². The number of carboxylic acids is 2. The quantitative estimate of drug-likeness (QED) is 0.589. The Labute approximate surface area is 141 Å². The molecule has 1 aliphatic carbocycles. The van der Waals surface area contributed by atoms with Crippen LogP contribution in [-0.2, 0) is 9.59 Å². The van der Waals surface area contributed by atoms with Crippen molar-refractivity contribution < 1.29 is 24.6 Å². The van der Waals surface area contributed by atoms with E-state index in [0.717, 1.165) is 32.1 Å². The van der Waals surface area contributed by atoms with E-state index in [-0.39, 0.29) is 23.7 Å². The zero-order valence-corrected chi connectivity index (χ0v) is 13.5. The van der Waals surface area contributed by atoms with Crippen LogP contribution in [0.1, 0.15) is 48.9 Å². The van der Waals surface area contributed by atoms with Crippen molar-refractivity contribution in [1.82, 2.24) is 0 Å². The molecular weight excluding hydrogens is 308 g/mol. The lowest BCUT2D eigenvalue weighted by Gasteiger charge is -2.21. The standard InChI is InChI=1S/C19H22O5/c20-17(14-9-5-2-6-10-14)12-16(19(23)24)15(18(21)22)11-13-7-3-1-4-8-13/h2,5-6,9-11,13,16H,1,3-4,7-8,12H2,(H,21,22)(H,23,24). The second-order valence-corrected chi connectivity index (χ2v) is 6.21. The number of benzene rings is 1. The minimum absolute atomic E-state index is 0.0820. The monoisotopic (exact) mass is 330 g/mol. The van der Waals surface area contributed by atoms with Crippen molar-refractivity contribution in [3.63, 3.8) is 0 Å². The number of hydrogen-bond acceptors (Lipinski definition) is 3. The van der Waals surface area contributed by atoms with Crippen LogP contribution in [0.2, 0.25) is 0 Å². The molecule has 0 bridgehead atoms. The minimum Gasteiger partial charge on any atom is -0.481 e. The summed E-state index contributed by atoms with van der Waals surface area (Å²) in [6.07, 6.45) is 6.14. The Bertz CT molecular complexity index is 626. The highest BCUT2D eigenvalue weighted by Gasteiger charge is 2.31. The third-order valence-corrected chi connectivity index (χ3v) is 4.47. The van der Waals surface area contributed by atoms with Gasteiger partial charge in [-0.1, -0.05) is 55.7 Å². The maximum Gasteiger partial charge on any atom is 0.332 e. The fourth-order valence-electron chi connectivity index (χ4n) is 3.15. The molecule has 0 saturated heterocycles. The number of aliphatic carboxylic acids is 2. The van der Waals surface area contributed by atoms with Gasteiger partial charge in [0, 0.05) is 17.6 Å². The summed E-state index contributed by atoms with van der Waals surface area (Å²) < 4.78 is 0. The summed E-state index contributed by atoms with van der Waals surface area (Å²) in [5.74, 6) is -4.13. The predicted molar refractivity (Wildman–Crippen MR) is 88.8 cm³/mol. The van der Waals surface area contributed by atoms with E-state index in [0.29, 0.717) is 5.56 Å². The van der Waals surface area contributed by atoms with Crippen molar-refractivity contribution in [3.8, 4) is 0 Å². The maximum atomic E-state index is 12.3. The normalized spacial score (nSPS) is 17.2. The molecule has 1 aliphatic rings. The number of carboxylic acid groups (broad SMARTS) is 2. The number of hydrogen-bond donors (Lipinski definition) is 2. The average molecular weight is 330 g/mol. The zero-order chi connectivity index (χ0) is 17.5. The van der Waals surface area contributed by atoms with E-state index in [9.17, 15) is 24.6 Å². The Morgan fingerprint density at radius 3 is 2.21 bits per heavy atom.